The Balaban J connectivity index is 0.00000169. The van der Waals surface area contributed by atoms with Crippen LogP contribution in [-0.2, 0) is 17.6 Å². The number of hydrogen-bond donors (Lipinski definition) is 2. The van der Waals surface area contributed by atoms with E-state index < -0.39 is 0 Å². The summed E-state index contributed by atoms with van der Waals surface area (Å²) >= 11 is 1.69. The van der Waals surface area contributed by atoms with Crippen LogP contribution in [0.15, 0.2) is 48.5 Å². The molecule has 1 atom stereocenters. The number of anilines is 1. The highest BCUT2D eigenvalue weighted by molar-refractivity contribution is 7.18. The molecule has 7 heteroatoms. The molecule has 0 saturated carbocycles. The van der Waals surface area contributed by atoms with E-state index in [2.05, 4.69) is 16.4 Å². The van der Waals surface area contributed by atoms with E-state index in [0.29, 0.717) is 12.8 Å². The zero-order valence-electron chi connectivity index (χ0n) is 14.5. The van der Waals surface area contributed by atoms with Gasteiger partial charge in [-0.2, -0.15) is 0 Å². The minimum Gasteiger partial charge on any atom is -0.399 e. The fraction of sp³-hybridized carbons (Fsp3) is 0.263. The predicted molar refractivity (Wildman–Crippen MR) is 115 cm³/mol. The van der Waals surface area contributed by atoms with Gasteiger partial charge in [-0.15, -0.1) is 36.2 Å². The maximum absolute atomic E-state index is 12.1. The Labute approximate surface area is 170 Å². The molecule has 0 spiro atoms. The van der Waals surface area contributed by atoms with Crippen LogP contribution in [-0.4, -0.2) is 16.9 Å². The molecule has 1 amide bonds. The van der Waals surface area contributed by atoms with Crippen molar-refractivity contribution in [3.05, 3.63) is 59.1 Å². The number of amides is 1. The second-order valence-electron chi connectivity index (χ2n) is 5.95. The zero-order chi connectivity index (χ0) is 16.9. The number of aryl methyl sites for hydroxylation is 1. The summed E-state index contributed by atoms with van der Waals surface area (Å²) in [6, 6.07) is 15.8. The van der Waals surface area contributed by atoms with Crippen molar-refractivity contribution in [3.63, 3.8) is 0 Å². The van der Waals surface area contributed by atoms with E-state index in [0.717, 1.165) is 28.2 Å². The summed E-state index contributed by atoms with van der Waals surface area (Å²) in [6.07, 6.45) is 1.85. The van der Waals surface area contributed by atoms with Crippen LogP contribution in [0.2, 0.25) is 0 Å². The molecule has 0 aliphatic rings. The van der Waals surface area contributed by atoms with Gasteiger partial charge < -0.3 is 11.1 Å². The Bertz CT molecular complexity index is 820. The number of carbonyl (C=O) groups excluding carboxylic acids is 1. The number of carbonyl (C=O) groups is 1. The number of halogens is 2. The zero-order valence-corrected chi connectivity index (χ0v) is 16.9. The second-order valence-corrected chi connectivity index (χ2v) is 7.06. The van der Waals surface area contributed by atoms with E-state index in [1.165, 1.54) is 4.70 Å². The van der Waals surface area contributed by atoms with Crippen molar-refractivity contribution in [3.8, 4) is 0 Å². The van der Waals surface area contributed by atoms with Crippen molar-refractivity contribution in [2.75, 3.05) is 5.73 Å². The van der Waals surface area contributed by atoms with Crippen molar-refractivity contribution < 1.29 is 4.79 Å². The summed E-state index contributed by atoms with van der Waals surface area (Å²) in [6.45, 7) is 2.01. The number of para-hydroxylation sites is 2. The van der Waals surface area contributed by atoms with E-state index >= 15 is 0 Å². The number of nitrogens with zero attached hydrogens (tertiary/aromatic N) is 1. The number of aromatic nitrogens is 1. The van der Waals surface area contributed by atoms with Crippen LogP contribution in [0.4, 0.5) is 5.69 Å². The lowest BCUT2D eigenvalue weighted by atomic mass is 10.1. The van der Waals surface area contributed by atoms with Crippen molar-refractivity contribution >= 4 is 58.0 Å². The third kappa shape index (κ3) is 5.87. The third-order valence-electron chi connectivity index (χ3n) is 3.90. The lowest BCUT2D eigenvalue weighted by Gasteiger charge is -2.12. The van der Waals surface area contributed by atoms with Gasteiger partial charge in [0.1, 0.15) is 0 Å². The van der Waals surface area contributed by atoms with Gasteiger partial charge in [0.2, 0.25) is 5.91 Å². The van der Waals surface area contributed by atoms with Gasteiger partial charge in [0.05, 0.1) is 15.2 Å². The van der Waals surface area contributed by atoms with Gasteiger partial charge in [0, 0.05) is 24.6 Å². The predicted octanol–water partition coefficient (Wildman–Crippen LogP) is 4.40. The molecule has 140 valence electrons. The normalized spacial score (nSPS) is 11.3. The van der Waals surface area contributed by atoms with Crippen molar-refractivity contribution in [2.45, 2.75) is 32.2 Å². The maximum Gasteiger partial charge on any atom is 0.220 e. The maximum atomic E-state index is 12.1. The molecule has 4 nitrogen and oxygen atoms in total. The highest BCUT2D eigenvalue weighted by Gasteiger charge is 2.12. The van der Waals surface area contributed by atoms with Gasteiger partial charge in [-0.1, -0.05) is 30.3 Å². The van der Waals surface area contributed by atoms with Gasteiger partial charge >= 0.3 is 0 Å². The van der Waals surface area contributed by atoms with Gasteiger partial charge in [0.15, 0.2) is 0 Å². The van der Waals surface area contributed by atoms with Gasteiger partial charge in [-0.25, -0.2) is 4.98 Å². The van der Waals surface area contributed by atoms with E-state index in [4.69, 9.17) is 5.73 Å². The molecule has 26 heavy (non-hydrogen) atoms. The summed E-state index contributed by atoms with van der Waals surface area (Å²) in [4.78, 5) is 16.7. The van der Waals surface area contributed by atoms with Crippen LogP contribution < -0.4 is 11.1 Å². The molecule has 1 heterocycles. The first-order valence-corrected chi connectivity index (χ1v) is 8.90. The molecule has 0 aliphatic heterocycles. The van der Waals surface area contributed by atoms with Crippen LogP contribution in [0.5, 0.6) is 0 Å². The molecule has 0 fully saturated rings. The van der Waals surface area contributed by atoms with Crippen molar-refractivity contribution in [1.82, 2.24) is 10.3 Å². The summed E-state index contributed by atoms with van der Waals surface area (Å²) < 4.78 is 1.19. The molecule has 1 unspecified atom stereocenters. The average Bonchev–Trinajstić information content (AvgIpc) is 2.96. The quantitative estimate of drug-likeness (QED) is 0.590. The smallest absolute Gasteiger partial charge is 0.220 e. The molecular weight excluding hydrogens is 389 g/mol. The molecule has 0 aliphatic carbocycles. The molecule has 0 saturated heterocycles. The number of hydrogen-bond acceptors (Lipinski definition) is 4. The monoisotopic (exact) mass is 411 g/mol. The van der Waals surface area contributed by atoms with Crippen molar-refractivity contribution in [2.24, 2.45) is 0 Å². The average molecular weight is 412 g/mol. The number of nitrogen functional groups attached to an aromatic ring is 1. The molecular formula is C19H23Cl2N3OS. The Hall–Kier alpha value is -1.82. The first kappa shape index (κ1) is 22.2. The molecule has 3 rings (SSSR count). The number of nitrogens with one attached hydrogen (secondary N) is 1. The molecule has 0 radical (unpaired) electrons. The highest BCUT2D eigenvalue weighted by atomic mass is 35.5. The van der Waals surface area contributed by atoms with Crippen LogP contribution >= 0.6 is 36.2 Å². The van der Waals surface area contributed by atoms with E-state index in [1.54, 1.807) is 11.3 Å². The van der Waals surface area contributed by atoms with Gasteiger partial charge in [-0.3, -0.25) is 4.79 Å². The number of benzene rings is 2. The largest absolute Gasteiger partial charge is 0.399 e. The Morgan fingerprint density at radius 1 is 1.15 bits per heavy atom. The van der Waals surface area contributed by atoms with Crippen molar-refractivity contribution in [1.29, 1.82) is 0 Å². The topological polar surface area (TPSA) is 68.0 Å². The SMILES string of the molecule is CC(Cc1nc2ccccc2s1)NC(=O)CCc1ccccc1N.Cl.Cl. The molecule has 3 aromatic rings. The number of thiazole rings is 1. The minimum absolute atomic E-state index is 0. The highest BCUT2D eigenvalue weighted by Crippen LogP contribution is 2.22. The van der Waals surface area contributed by atoms with Gasteiger partial charge in [-0.05, 0) is 37.1 Å². The third-order valence-corrected chi connectivity index (χ3v) is 4.96. The minimum atomic E-state index is 0. The molecule has 3 N–H and O–H groups in total. The Morgan fingerprint density at radius 3 is 2.58 bits per heavy atom. The van der Waals surface area contributed by atoms with E-state index in [-0.39, 0.29) is 36.8 Å². The lowest BCUT2D eigenvalue weighted by molar-refractivity contribution is -0.121. The molecule has 2 aromatic carbocycles. The number of rotatable bonds is 6. The van der Waals surface area contributed by atoms with E-state index in [9.17, 15) is 4.79 Å². The first-order chi connectivity index (χ1) is 11.6. The standard InChI is InChI=1S/C19H21N3OS.2ClH/c1-13(12-19-22-16-8-4-5-9-17(16)24-19)21-18(23)11-10-14-6-2-3-7-15(14)20;;/h2-9,13H,10-12,20H2,1H3,(H,21,23);2*1H. The van der Waals surface area contributed by atoms with Crippen LogP contribution in [0.1, 0.15) is 23.9 Å². The summed E-state index contributed by atoms with van der Waals surface area (Å²) in [7, 11) is 0. The number of fused-ring (bicyclic) bond motifs is 1. The lowest BCUT2D eigenvalue weighted by Crippen LogP contribution is -2.34. The summed E-state index contributed by atoms with van der Waals surface area (Å²) in [5, 5.41) is 4.10. The van der Waals surface area contributed by atoms with Crippen LogP contribution in [0.25, 0.3) is 10.2 Å². The number of nitrogens with two attached hydrogens (primary N) is 1. The molecule has 0 bridgehead atoms. The Morgan fingerprint density at radius 2 is 1.85 bits per heavy atom. The second kappa shape index (κ2) is 10.4. The molecule has 1 aromatic heterocycles. The van der Waals surface area contributed by atoms with Crippen LogP contribution in [0.3, 0.4) is 0 Å². The summed E-state index contributed by atoms with van der Waals surface area (Å²) in [5.41, 5.74) is 8.70. The van der Waals surface area contributed by atoms with Gasteiger partial charge in [0.25, 0.3) is 0 Å². The fourth-order valence-electron chi connectivity index (χ4n) is 2.68. The Kier molecular flexibility index (Phi) is 8.85. The summed E-state index contributed by atoms with van der Waals surface area (Å²) in [5.74, 6) is 0.0480. The van der Waals surface area contributed by atoms with E-state index in [1.807, 2.05) is 49.4 Å². The first-order valence-electron chi connectivity index (χ1n) is 8.09. The fourth-order valence-corrected chi connectivity index (χ4v) is 3.77. The van der Waals surface area contributed by atoms with Crippen LogP contribution in [0, 0.1) is 0 Å².